The topological polar surface area (TPSA) is 102 Å². The molecular formula is C10H11N2O4-. The van der Waals surface area contributed by atoms with Crippen LogP contribution in [0.5, 0.6) is 0 Å². The zero-order chi connectivity index (χ0) is 12.1. The maximum Gasteiger partial charge on any atom is 0.253 e. The van der Waals surface area contributed by atoms with Gasteiger partial charge in [-0.1, -0.05) is 0 Å². The molecule has 0 fully saturated rings. The van der Waals surface area contributed by atoms with Gasteiger partial charge in [-0.25, -0.2) is 0 Å². The fraction of sp³-hybridized carbons (Fsp3) is 0.300. The predicted octanol–water partition coefficient (Wildman–Crippen LogP) is -1.69. The third kappa shape index (κ3) is 3.03. The first-order valence-electron chi connectivity index (χ1n) is 4.62. The molecule has 0 spiro atoms. The highest BCUT2D eigenvalue weighted by molar-refractivity contribution is 5.96. The Kier molecular flexibility index (Phi) is 3.96. The first kappa shape index (κ1) is 12.1. The van der Waals surface area contributed by atoms with Crippen LogP contribution in [-0.2, 0) is 4.79 Å². The van der Waals surface area contributed by atoms with E-state index in [2.05, 4.69) is 10.3 Å². The minimum atomic E-state index is -1.53. The number of carbonyl (C=O) groups is 2. The molecule has 0 saturated heterocycles. The number of rotatable bonds is 4. The molecule has 6 heteroatoms. The van der Waals surface area contributed by atoms with Crippen LogP contribution in [0, 0.1) is 0 Å². The second-order valence-electron chi connectivity index (χ2n) is 3.25. The minimum Gasteiger partial charge on any atom is -0.548 e. The molecule has 1 rings (SSSR count). The molecule has 86 valence electrons. The van der Waals surface area contributed by atoms with Gasteiger partial charge >= 0.3 is 0 Å². The minimum absolute atomic E-state index is 0.217. The number of hydrogen-bond acceptors (Lipinski definition) is 5. The van der Waals surface area contributed by atoms with E-state index in [1.54, 1.807) is 6.07 Å². The van der Waals surface area contributed by atoms with E-state index in [1.165, 1.54) is 25.4 Å². The number of carboxylic acid groups (broad SMARTS) is 1. The zero-order valence-corrected chi connectivity index (χ0v) is 8.58. The summed E-state index contributed by atoms with van der Waals surface area (Å²) in [5, 5.41) is 21.9. The number of aromatic nitrogens is 1. The van der Waals surface area contributed by atoms with Crippen LogP contribution in [0.3, 0.4) is 0 Å². The lowest BCUT2D eigenvalue weighted by molar-refractivity contribution is -0.310. The van der Waals surface area contributed by atoms with Crippen LogP contribution in [0.1, 0.15) is 17.3 Å². The number of pyridine rings is 1. The molecule has 1 amide bonds. The zero-order valence-electron chi connectivity index (χ0n) is 8.58. The number of carbonyl (C=O) groups excluding carboxylic acids is 2. The smallest absolute Gasteiger partial charge is 0.253 e. The predicted molar refractivity (Wildman–Crippen MR) is 52.2 cm³/mol. The normalized spacial score (nSPS) is 13.9. The summed E-state index contributed by atoms with van der Waals surface area (Å²) in [4.78, 5) is 25.8. The molecule has 1 aromatic rings. The maximum atomic E-state index is 11.5. The van der Waals surface area contributed by atoms with E-state index in [0.29, 0.717) is 0 Å². The highest BCUT2D eigenvalue weighted by Crippen LogP contribution is 1.98. The molecule has 0 aliphatic heterocycles. The molecule has 0 aromatic carbocycles. The molecule has 0 unspecified atom stereocenters. The summed E-state index contributed by atoms with van der Waals surface area (Å²) in [6.45, 7) is 1.25. The van der Waals surface area contributed by atoms with Gasteiger partial charge in [0.2, 0.25) is 0 Å². The SMILES string of the molecule is C[C@H](O)[C@H](NC(=O)c1cccnc1)C(=O)[O-]. The van der Waals surface area contributed by atoms with Crippen molar-refractivity contribution in [3.8, 4) is 0 Å². The van der Waals surface area contributed by atoms with E-state index in [-0.39, 0.29) is 5.56 Å². The average Bonchev–Trinajstić information content (AvgIpc) is 2.25. The van der Waals surface area contributed by atoms with Crippen molar-refractivity contribution in [1.82, 2.24) is 10.3 Å². The fourth-order valence-electron chi connectivity index (χ4n) is 1.10. The first-order chi connectivity index (χ1) is 7.52. The van der Waals surface area contributed by atoms with Crippen molar-refractivity contribution < 1.29 is 19.8 Å². The van der Waals surface area contributed by atoms with Crippen molar-refractivity contribution in [2.24, 2.45) is 0 Å². The van der Waals surface area contributed by atoms with Crippen LogP contribution < -0.4 is 10.4 Å². The van der Waals surface area contributed by atoms with Crippen molar-refractivity contribution >= 4 is 11.9 Å². The summed E-state index contributed by atoms with van der Waals surface area (Å²) in [7, 11) is 0. The average molecular weight is 223 g/mol. The van der Waals surface area contributed by atoms with Gasteiger partial charge in [0.1, 0.15) is 0 Å². The Hall–Kier alpha value is -1.95. The molecule has 6 nitrogen and oxygen atoms in total. The highest BCUT2D eigenvalue weighted by Gasteiger charge is 2.19. The lowest BCUT2D eigenvalue weighted by Gasteiger charge is -2.22. The van der Waals surface area contributed by atoms with Crippen LogP contribution in [0.25, 0.3) is 0 Å². The molecule has 16 heavy (non-hydrogen) atoms. The van der Waals surface area contributed by atoms with Gasteiger partial charge in [-0.2, -0.15) is 0 Å². The molecule has 1 heterocycles. The second kappa shape index (κ2) is 5.22. The Balaban J connectivity index is 2.74. The number of nitrogens with one attached hydrogen (secondary N) is 1. The summed E-state index contributed by atoms with van der Waals surface area (Å²) in [6.07, 6.45) is 1.55. The Morgan fingerprint density at radius 1 is 1.56 bits per heavy atom. The van der Waals surface area contributed by atoms with Crippen molar-refractivity contribution in [2.45, 2.75) is 19.1 Å². The number of aliphatic carboxylic acids is 1. The fourth-order valence-corrected chi connectivity index (χ4v) is 1.10. The third-order valence-electron chi connectivity index (χ3n) is 1.95. The molecule has 0 saturated carbocycles. The Morgan fingerprint density at radius 3 is 2.69 bits per heavy atom. The lowest BCUT2D eigenvalue weighted by atomic mass is 10.1. The van der Waals surface area contributed by atoms with Gasteiger partial charge < -0.3 is 20.3 Å². The third-order valence-corrected chi connectivity index (χ3v) is 1.95. The van der Waals surface area contributed by atoms with E-state index in [1.807, 2.05) is 0 Å². The quantitative estimate of drug-likeness (QED) is 0.634. The van der Waals surface area contributed by atoms with Crippen LogP contribution in [0.15, 0.2) is 24.5 Å². The maximum absolute atomic E-state index is 11.5. The first-order valence-corrected chi connectivity index (χ1v) is 4.62. The summed E-state index contributed by atoms with van der Waals surface area (Å²) in [5.74, 6) is -2.16. The van der Waals surface area contributed by atoms with E-state index < -0.39 is 24.0 Å². The van der Waals surface area contributed by atoms with E-state index in [9.17, 15) is 14.7 Å². The Morgan fingerprint density at radius 2 is 2.25 bits per heavy atom. The lowest BCUT2D eigenvalue weighted by Crippen LogP contribution is -2.53. The van der Waals surface area contributed by atoms with Gasteiger partial charge in [-0.05, 0) is 19.1 Å². The summed E-state index contributed by atoms with van der Waals surface area (Å²) in [5.41, 5.74) is 0.217. The molecule has 0 aliphatic carbocycles. The highest BCUT2D eigenvalue weighted by atomic mass is 16.4. The molecule has 0 aliphatic rings. The summed E-state index contributed by atoms with van der Waals surface area (Å²) < 4.78 is 0. The Bertz CT molecular complexity index is 378. The number of hydrogen-bond donors (Lipinski definition) is 2. The molecule has 2 N–H and O–H groups in total. The Labute approximate surface area is 91.9 Å². The molecule has 1 aromatic heterocycles. The second-order valence-corrected chi connectivity index (χ2v) is 3.25. The van der Waals surface area contributed by atoms with Gasteiger partial charge in [0.15, 0.2) is 0 Å². The van der Waals surface area contributed by atoms with Gasteiger partial charge in [0, 0.05) is 12.4 Å². The number of carboxylic acids is 1. The number of aliphatic hydroxyl groups excluding tert-OH is 1. The van der Waals surface area contributed by atoms with Crippen molar-refractivity contribution in [3.05, 3.63) is 30.1 Å². The molecule has 2 atom stereocenters. The molecule has 0 bridgehead atoms. The van der Waals surface area contributed by atoms with Crippen LogP contribution in [-0.4, -0.2) is 34.1 Å². The number of amides is 1. The van der Waals surface area contributed by atoms with Gasteiger partial charge in [-0.3, -0.25) is 9.78 Å². The van der Waals surface area contributed by atoms with Gasteiger partial charge in [-0.15, -0.1) is 0 Å². The van der Waals surface area contributed by atoms with E-state index in [0.717, 1.165) is 0 Å². The summed E-state index contributed by atoms with van der Waals surface area (Å²) in [6, 6.07) is 1.59. The largest absolute Gasteiger partial charge is 0.548 e. The van der Waals surface area contributed by atoms with Crippen molar-refractivity contribution in [1.29, 1.82) is 0 Å². The van der Waals surface area contributed by atoms with Gasteiger partial charge in [0.05, 0.1) is 23.7 Å². The monoisotopic (exact) mass is 223 g/mol. The van der Waals surface area contributed by atoms with Crippen LogP contribution >= 0.6 is 0 Å². The van der Waals surface area contributed by atoms with E-state index >= 15 is 0 Å². The van der Waals surface area contributed by atoms with Crippen molar-refractivity contribution in [2.75, 3.05) is 0 Å². The van der Waals surface area contributed by atoms with Crippen LogP contribution in [0.4, 0.5) is 0 Å². The van der Waals surface area contributed by atoms with Crippen molar-refractivity contribution in [3.63, 3.8) is 0 Å². The molecular weight excluding hydrogens is 212 g/mol. The number of aliphatic hydroxyl groups is 1. The van der Waals surface area contributed by atoms with Crippen LogP contribution in [0.2, 0.25) is 0 Å². The van der Waals surface area contributed by atoms with Gasteiger partial charge in [0.25, 0.3) is 5.91 Å². The standard InChI is InChI=1S/C10H12N2O4/c1-6(13)8(10(15)16)12-9(14)7-3-2-4-11-5-7/h2-6,8,13H,1H3,(H,12,14)(H,15,16)/p-1/t6-,8-/m0/s1. The molecule has 0 radical (unpaired) electrons. The summed E-state index contributed by atoms with van der Waals surface area (Å²) >= 11 is 0. The van der Waals surface area contributed by atoms with E-state index in [4.69, 9.17) is 5.11 Å². The number of nitrogens with zero attached hydrogens (tertiary/aromatic N) is 1.